The van der Waals surface area contributed by atoms with E-state index in [1.807, 2.05) is 0 Å². The zero-order chi connectivity index (χ0) is 13.5. The first-order valence-corrected chi connectivity index (χ1v) is 7.34. The maximum Gasteiger partial charge on any atom is 0.347 e. The van der Waals surface area contributed by atoms with Crippen LogP contribution in [-0.4, -0.2) is 22.6 Å². The Balaban J connectivity index is 2.51. The summed E-state index contributed by atoms with van der Waals surface area (Å²) in [6, 6.07) is 0. The molecular formula is C13H22N2O2S. The van der Waals surface area contributed by atoms with Crippen molar-refractivity contribution >= 4 is 22.4 Å². The highest BCUT2D eigenvalue weighted by Gasteiger charge is 2.14. The largest absolute Gasteiger partial charge is 0.477 e. The van der Waals surface area contributed by atoms with Crippen LogP contribution in [-0.2, 0) is 0 Å². The number of carboxylic acids is 1. The van der Waals surface area contributed by atoms with E-state index < -0.39 is 5.97 Å². The van der Waals surface area contributed by atoms with Gasteiger partial charge in [0.15, 0.2) is 5.13 Å². The average molecular weight is 270 g/mol. The van der Waals surface area contributed by atoms with E-state index in [0.717, 1.165) is 18.1 Å². The molecule has 102 valence electrons. The molecule has 0 aliphatic carbocycles. The van der Waals surface area contributed by atoms with Crippen LogP contribution in [0.15, 0.2) is 0 Å². The van der Waals surface area contributed by atoms with E-state index >= 15 is 0 Å². The molecule has 0 aromatic carbocycles. The molecule has 0 aliphatic rings. The first-order chi connectivity index (χ1) is 8.58. The minimum absolute atomic E-state index is 0.333. The maximum absolute atomic E-state index is 10.9. The predicted molar refractivity (Wildman–Crippen MR) is 75.6 cm³/mol. The van der Waals surface area contributed by atoms with Crippen LogP contribution in [0, 0.1) is 12.8 Å². The van der Waals surface area contributed by atoms with Crippen LogP contribution in [0.5, 0.6) is 0 Å². The summed E-state index contributed by atoms with van der Waals surface area (Å²) in [5.41, 5.74) is 0.594. The van der Waals surface area contributed by atoms with Gasteiger partial charge in [-0.05, 0) is 19.3 Å². The molecule has 1 heterocycles. The van der Waals surface area contributed by atoms with Crippen LogP contribution in [0.4, 0.5) is 5.13 Å². The molecule has 1 rings (SSSR count). The van der Waals surface area contributed by atoms with Crippen molar-refractivity contribution in [2.75, 3.05) is 11.9 Å². The van der Waals surface area contributed by atoms with Gasteiger partial charge < -0.3 is 10.4 Å². The third-order valence-corrected chi connectivity index (χ3v) is 4.18. The number of thiazole rings is 1. The van der Waals surface area contributed by atoms with Crippen molar-refractivity contribution in [3.05, 3.63) is 10.6 Å². The van der Waals surface area contributed by atoms with Gasteiger partial charge in [0, 0.05) is 6.54 Å². The number of anilines is 1. The summed E-state index contributed by atoms with van der Waals surface area (Å²) in [5, 5.41) is 12.9. The molecule has 18 heavy (non-hydrogen) atoms. The monoisotopic (exact) mass is 270 g/mol. The van der Waals surface area contributed by atoms with Gasteiger partial charge in [0.05, 0.1) is 5.69 Å². The summed E-state index contributed by atoms with van der Waals surface area (Å²) in [6.45, 7) is 7.00. The van der Waals surface area contributed by atoms with E-state index in [4.69, 9.17) is 5.11 Å². The summed E-state index contributed by atoms with van der Waals surface area (Å²) >= 11 is 1.22. The van der Waals surface area contributed by atoms with E-state index in [1.54, 1.807) is 6.92 Å². The fourth-order valence-corrected chi connectivity index (χ4v) is 2.66. The highest BCUT2D eigenvalue weighted by molar-refractivity contribution is 7.17. The molecule has 0 amide bonds. The molecule has 4 nitrogen and oxygen atoms in total. The van der Waals surface area contributed by atoms with Crippen molar-refractivity contribution in [2.24, 2.45) is 5.92 Å². The van der Waals surface area contributed by atoms with Gasteiger partial charge in [-0.2, -0.15) is 0 Å². The minimum Gasteiger partial charge on any atom is -0.477 e. The third-order valence-electron chi connectivity index (χ3n) is 3.08. The van der Waals surface area contributed by atoms with Crippen LogP contribution in [0.2, 0.25) is 0 Å². The molecular weight excluding hydrogens is 248 g/mol. The van der Waals surface area contributed by atoms with Crippen LogP contribution in [0.1, 0.15) is 54.9 Å². The number of aromatic nitrogens is 1. The Morgan fingerprint density at radius 1 is 1.50 bits per heavy atom. The van der Waals surface area contributed by atoms with Crippen LogP contribution >= 0.6 is 11.3 Å². The predicted octanol–water partition coefficient (Wildman–Crippen LogP) is 3.78. The van der Waals surface area contributed by atoms with E-state index in [1.165, 1.54) is 30.6 Å². The quantitative estimate of drug-likeness (QED) is 0.754. The van der Waals surface area contributed by atoms with Gasteiger partial charge in [0.1, 0.15) is 4.88 Å². The summed E-state index contributed by atoms with van der Waals surface area (Å²) < 4.78 is 0. The van der Waals surface area contributed by atoms with E-state index in [-0.39, 0.29) is 0 Å². The molecule has 0 spiro atoms. The summed E-state index contributed by atoms with van der Waals surface area (Å²) in [5.74, 6) is -0.251. The second-order valence-electron chi connectivity index (χ2n) is 4.54. The van der Waals surface area contributed by atoms with Crippen LogP contribution in [0.3, 0.4) is 0 Å². The van der Waals surface area contributed by atoms with Gasteiger partial charge in [0.2, 0.25) is 0 Å². The number of aromatic carboxylic acids is 1. The zero-order valence-corrected chi connectivity index (χ0v) is 12.1. The Bertz CT molecular complexity index is 390. The van der Waals surface area contributed by atoms with Gasteiger partial charge >= 0.3 is 5.97 Å². The Morgan fingerprint density at radius 3 is 2.72 bits per heavy atom. The normalized spacial score (nSPS) is 12.4. The Morgan fingerprint density at radius 2 is 2.22 bits per heavy atom. The van der Waals surface area contributed by atoms with Crippen molar-refractivity contribution in [1.82, 2.24) is 4.98 Å². The van der Waals surface area contributed by atoms with Gasteiger partial charge in [0.25, 0.3) is 0 Å². The lowest BCUT2D eigenvalue weighted by Crippen LogP contribution is -2.13. The topological polar surface area (TPSA) is 62.2 Å². The number of carbonyl (C=O) groups is 1. The van der Waals surface area contributed by atoms with E-state index in [0.29, 0.717) is 16.5 Å². The van der Waals surface area contributed by atoms with Crippen molar-refractivity contribution in [3.63, 3.8) is 0 Å². The molecule has 0 aliphatic heterocycles. The van der Waals surface area contributed by atoms with Gasteiger partial charge in [-0.15, -0.1) is 0 Å². The van der Waals surface area contributed by atoms with Gasteiger partial charge in [-0.3, -0.25) is 0 Å². The number of hydrogen-bond donors (Lipinski definition) is 2. The van der Waals surface area contributed by atoms with Crippen molar-refractivity contribution < 1.29 is 9.90 Å². The van der Waals surface area contributed by atoms with Gasteiger partial charge in [-0.1, -0.05) is 44.4 Å². The molecule has 0 radical (unpaired) electrons. The molecule has 5 heteroatoms. The van der Waals surface area contributed by atoms with Gasteiger partial charge in [-0.25, -0.2) is 9.78 Å². The number of nitrogens with one attached hydrogen (secondary N) is 1. The third kappa shape index (κ3) is 4.29. The lowest BCUT2D eigenvalue weighted by molar-refractivity contribution is 0.0701. The molecule has 1 aromatic rings. The molecule has 1 atom stereocenters. The lowest BCUT2D eigenvalue weighted by Gasteiger charge is -2.14. The number of carboxylic acid groups (broad SMARTS) is 1. The van der Waals surface area contributed by atoms with Crippen LogP contribution in [0.25, 0.3) is 0 Å². The van der Waals surface area contributed by atoms with Crippen molar-refractivity contribution in [3.8, 4) is 0 Å². The first kappa shape index (κ1) is 15.0. The number of nitrogens with zero attached hydrogens (tertiary/aromatic N) is 1. The Kier molecular flexibility index (Phi) is 6.12. The number of hydrogen-bond acceptors (Lipinski definition) is 4. The SMILES string of the molecule is CCCCC(CC)CNc1nc(C)c(C(=O)O)s1. The molecule has 1 unspecified atom stereocenters. The fourth-order valence-electron chi connectivity index (χ4n) is 1.85. The molecule has 0 fully saturated rings. The Hall–Kier alpha value is -1.10. The molecule has 0 saturated heterocycles. The standard InChI is InChI=1S/C13H22N2O2S/c1-4-6-7-10(5-2)8-14-13-15-9(3)11(18-13)12(16)17/h10H,4-8H2,1-3H3,(H,14,15)(H,16,17). The highest BCUT2D eigenvalue weighted by Crippen LogP contribution is 2.23. The van der Waals surface area contributed by atoms with Crippen molar-refractivity contribution in [2.45, 2.75) is 46.5 Å². The smallest absolute Gasteiger partial charge is 0.347 e. The molecule has 1 aromatic heterocycles. The second-order valence-corrected chi connectivity index (χ2v) is 5.54. The van der Waals surface area contributed by atoms with Crippen molar-refractivity contribution in [1.29, 1.82) is 0 Å². The number of rotatable bonds is 8. The van der Waals surface area contributed by atoms with Crippen LogP contribution < -0.4 is 5.32 Å². The zero-order valence-electron chi connectivity index (χ0n) is 11.3. The fraction of sp³-hybridized carbons (Fsp3) is 0.692. The summed E-state index contributed by atoms with van der Waals surface area (Å²) in [7, 11) is 0. The first-order valence-electron chi connectivity index (χ1n) is 6.53. The summed E-state index contributed by atoms with van der Waals surface area (Å²) in [4.78, 5) is 15.5. The summed E-state index contributed by atoms with van der Waals surface area (Å²) in [6.07, 6.45) is 4.83. The lowest BCUT2D eigenvalue weighted by atomic mass is 10.00. The molecule has 0 bridgehead atoms. The molecule has 0 saturated carbocycles. The maximum atomic E-state index is 10.9. The molecule has 2 N–H and O–H groups in total. The second kappa shape index (κ2) is 7.36. The number of aryl methyl sites for hydroxylation is 1. The van der Waals surface area contributed by atoms with E-state index in [9.17, 15) is 4.79 Å². The Labute approximate surface area is 112 Å². The highest BCUT2D eigenvalue weighted by atomic mass is 32.1. The average Bonchev–Trinajstić information content (AvgIpc) is 2.71. The minimum atomic E-state index is -0.893. The number of unbranched alkanes of at least 4 members (excludes halogenated alkanes) is 1. The van der Waals surface area contributed by atoms with E-state index in [2.05, 4.69) is 24.1 Å².